The number of carbonyl (C=O) groups excluding carboxylic acids is 2. The third-order valence-corrected chi connectivity index (χ3v) is 2.44. The van der Waals surface area contributed by atoms with Gasteiger partial charge in [0.25, 0.3) is 5.91 Å². The van der Waals surface area contributed by atoms with Gasteiger partial charge >= 0.3 is 11.6 Å². The number of hydrogen-bond donors (Lipinski definition) is 2. The number of rotatable bonds is 3. The van der Waals surface area contributed by atoms with E-state index in [1.54, 1.807) is 0 Å². The summed E-state index contributed by atoms with van der Waals surface area (Å²) < 4.78 is 17.9. The summed E-state index contributed by atoms with van der Waals surface area (Å²) in [6.45, 7) is 0. The number of hydrogen-bond acceptors (Lipinski definition) is 5. The second-order valence-electron chi connectivity index (χ2n) is 3.81. The van der Waals surface area contributed by atoms with E-state index in [1.807, 2.05) is 5.43 Å². The summed E-state index contributed by atoms with van der Waals surface area (Å²) in [6, 6.07) is 5.48. The highest BCUT2D eigenvalue weighted by Gasteiger charge is 2.18. The van der Waals surface area contributed by atoms with E-state index >= 15 is 0 Å². The average Bonchev–Trinajstić information content (AvgIpc) is 2.98. The Morgan fingerprint density at radius 1 is 1.19 bits per heavy atom. The van der Waals surface area contributed by atoms with E-state index in [-0.39, 0.29) is 11.3 Å². The Labute approximate surface area is 116 Å². The minimum Gasteiger partial charge on any atom is -0.459 e. The zero-order valence-electron chi connectivity index (χ0n) is 10.3. The van der Waals surface area contributed by atoms with Gasteiger partial charge in [-0.05, 0) is 24.3 Å². The number of nitrogens with one attached hydrogen (secondary N) is 2. The number of carbonyl (C=O) groups is 2. The molecule has 0 aliphatic rings. The van der Waals surface area contributed by atoms with E-state index in [1.165, 1.54) is 18.4 Å². The van der Waals surface area contributed by atoms with Crippen LogP contribution in [0.25, 0.3) is 0 Å². The molecule has 0 aliphatic heterocycles. The lowest BCUT2D eigenvalue weighted by molar-refractivity contribution is -0.387. The van der Waals surface area contributed by atoms with Gasteiger partial charge < -0.3 is 4.42 Å². The summed E-state index contributed by atoms with van der Waals surface area (Å²) in [4.78, 5) is 32.8. The average molecular weight is 293 g/mol. The van der Waals surface area contributed by atoms with E-state index in [2.05, 4.69) is 5.43 Å². The minimum atomic E-state index is -1.06. The lowest BCUT2D eigenvalue weighted by atomic mass is 10.2. The van der Waals surface area contributed by atoms with Crippen LogP contribution in [0.3, 0.4) is 0 Å². The number of hydrazine groups is 1. The lowest BCUT2D eigenvalue weighted by Gasteiger charge is -2.06. The summed E-state index contributed by atoms with van der Waals surface area (Å²) in [5.41, 5.74) is 3.07. The van der Waals surface area contributed by atoms with Gasteiger partial charge in [-0.15, -0.1) is 0 Å². The number of nitro benzene ring substituents is 1. The van der Waals surface area contributed by atoms with Gasteiger partial charge in [0.15, 0.2) is 5.76 Å². The molecule has 0 unspecified atom stereocenters. The highest BCUT2D eigenvalue weighted by atomic mass is 19.1. The molecule has 21 heavy (non-hydrogen) atoms. The van der Waals surface area contributed by atoms with Crippen molar-refractivity contribution >= 4 is 17.5 Å². The molecule has 1 aromatic heterocycles. The molecule has 0 atom stereocenters. The third-order valence-electron chi connectivity index (χ3n) is 2.44. The van der Waals surface area contributed by atoms with Crippen LogP contribution in [0.4, 0.5) is 10.1 Å². The van der Waals surface area contributed by atoms with Crippen LogP contribution in [0, 0.1) is 15.9 Å². The molecule has 0 radical (unpaired) electrons. The Kier molecular flexibility index (Phi) is 3.93. The molecule has 2 N–H and O–H groups in total. The van der Waals surface area contributed by atoms with Gasteiger partial charge in [0, 0.05) is 11.6 Å². The zero-order valence-corrected chi connectivity index (χ0v) is 10.3. The Morgan fingerprint density at radius 2 is 1.90 bits per heavy atom. The SMILES string of the molecule is O=C(NNC(=O)c1ccco1)c1ccc(F)c([N+](=O)[O-])c1. The van der Waals surface area contributed by atoms with Crippen molar-refractivity contribution in [2.75, 3.05) is 0 Å². The Bertz CT molecular complexity index is 699. The first kappa shape index (κ1) is 14.2. The molecule has 0 aliphatic carbocycles. The van der Waals surface area contributed by atoms with Crippen molar-refractivity contribution in [1.29, 1.82) is 0 Å². The molecular weight excluding hydrogens is 285 g/mol. The van der Waals surface area contributed by atoms with Crippen molar-refractivity contribution in [3.63, 3.8) is 0 Å². The second kappa shape index (κ2) is 5.82. The maximum absolute atomic E-state index is 13.1. The van der Waals surface area contributed by atoms with Crippen molar-refractivity contribution in [2.24, 2.45) is 0 Å². The van der Waals surface area contributed by atoms with Gasteiger partial charge in [0.05, 0.1) is 11.2 Å². The summed E-state index contributed by atoms with van der Waals surface area (Å²) in [7, 11) is 0. The molecule has 0 saturated heterocycles. The zero-order chi connectivity index (χ0) is 15.4. The lowest BCUT2D eigenvalue weighted by Crippen LogP contribution is -2.41. The molecule has 1 heterocycles. The standard InChI is InChI=1S/C12H8FN3O5/c13-8-4-3-7(6-9(8)16(19)20)11(17)14-15-12(18)10-2-1-5-21-10/h1-6H,(H,14,17)(H,15,18). The summed E-state index contributed by atoms with van der Waals surface area (Å²) in [5.74, 6) is -2.63. The van der Waals surface area contributed by atoms with E-state index in [0.717, 1.165) is 18.2 Å². The normalized spacial score (nSPS) is 9.95. The molecule has 0 bridgehead atoms. The smallest absolute Gasteiger partial charge is 0.305 e. The summed E-state index contributed by atoms with van der Waals surface area (Å²) >= 11 is 0. The Balaban J connectivity index is 2.05. The second-order valence-corrected chi connectivity index (χ2v) is 3.81. The molecule has 0 spiro atoms. The van der Waals surface area contributed by atoms with Crippen LogP contribution in [0.15, 0.2) is 41.0 Å². The van der Waals surface area contributed by atoms with Crippen molar-refractivity contribution < 1.29 is 23.3 Å². The number of nitrogens with zero attached hydrogens (tertiary/aromatic N) is 1. The van der Waals surface area contributed by atoms with Gasteiger partial charge in [-0.25, -0.2) is 0 Å². The number of benzene rings is 1. The number of amides is 2. The van der Waals surface area contributed by atoms with Crippen molar-refractivity contribution in [1.82, 2.24) is 10.9 Å². The molecule has 9 heteroatoms. The maximum atomic E-state index is 13.1. The highest BCUT2D eigenvalue weighted by Crippen LogP contribution is 2.18. The molecule has 2 rings (SSSR count). The molecule has 108 valence electrons. The highest BCUT2D eigenvalue weighted by molar-refractivity contribution is 5.98. The monoisotopic (exact) mass is 293 g/mol. The molecule has 2 amide bonds. The third kappa shape index (κ3) is 3.21. The largest absolute Gasteiger partial charge is 0.459 e. The molecule has 8 nitrogen and oxygen atoms in total. The Morgan fingerprint density at radius 3 is 2.52 bits per heavy atom. The molecule has 1 aromatic carbocycles. The van der Waals surface area contributed by atoms with E-state index in [4.69, 9.17) is 4.42 Å². The number of nitro groups is 1. The first-order valence-corrected chi connectivity index (χ1v) is 5.57. The van der Waals surface area contributed by atoms with E-state index in [0.29, 0.717) is 0 Å². The predicted octanol–water partition coefficient (Wildman–Crippen LogP) is 1.40. The van der Waals surface area contributed by atoms with E-state index in [9.17, 15) is 24.1 Å². The van der Waals surface area contributed by atoms with Gasteiger partial charge in [-0.3, -0.25) is 30.6 Å². The van der Waals surface area contributed by atoms with Crippen LogP contribution in [-0.2, 0) is 0 Å². The van der Waals surface area contributed by atoms with Crippen LogP contribution in [0.5, 0.6) is 0 Å². The fraction of sp³-hybridized carbons (Fsp3) is 0. The first-order valence-electron chi connectivity index (χ1n) is 5.57. The molecular formula is C12H8FN3O5. The predicted molar refractivity (Wildman–Crippen MR) is 66.7 cm³/mol. The summed E-state index contributed by atoms with van der Waals surface area (Å²) in [5, 5.41) is 10.6. The van der Waals surface area contributed by atoms with Gasteiger partial charge in [0.1, 0.15) is 0 Å². The van der Waals surface area contributed by atoms with Gasteiger partial charge in [0.2, 0.25) is 5.82 Å². The molecule has 0 fully saturated rings. The van der Waals surface area contributed by atoms with Gasteiger partial charge in [-0.2, -0.15) is 4.39 Å². The first-order chi connectivity index (χ1) is 9.99. The maximum Gasteiger partial charge on any atom is 0.305 e. The van der Waals surface area contributed by atoms with Crippen LogP contribution in [0.1, 0.15) is 20.9 Å². The van der Waals surface area contributed by atoms with Crippen LogP contribution >= 0.6 is 0 Å². The van der Waals surface area contributed by atoms with E-state index < -0.39 is 28.2 Å². The molecule has 0 saturated carbocycles. The molecule has 2 aromatic rings. The fourth-order valence-corrected chi connectivity index (χ4v) is 1.45. The van der Waals surface area contributed by atoms with Crippen LogP contribution < -0.4 is 10.9 Å². The quantitative estimate of drug-likeness (QED) is 0.655. The van der Waals surface area contributed by atoms with Crippen LogP contribution in [-0.4, -0.2) is 16.7 Å². The van der Waals surface area contributed by atoms with Crippen molar-refractivity contribution in [2.45, 2.75) is 0 Å². The van der Waals surface area contributed by atoms with Gasteiger partial charge in [-0.1, -0.05) is 0 Å². The van der Waals surface area contributed by atoms with Crippen molar-refractivity contribution in [3.05, 3.63) is 63.9 Å². The Hall–Kier alpha value is -3.23. The van der Waals surface area contributed by atoms with Crippen molar-refractivity contribution in [3.8, 4) is 0 Å². The summed E-state index contributed by atoms with van der Waals surface area (Å²) in [6.07, 6.45) is 1.28. The number of furan rings is 1. The number of halogens is 1. The van der Waals surface area contributed by atoms with Crippen LogP contribution in [0.2, 0.25) is 0 Å². The minimum absolute atomic E-state index is 0.0274. The topological polar surface area (TPSA) is 114 Å². The fourth-order valence-electron chi connectivity index (χ4n) is 1.45.